The maximum Gasteiger partial charge on any atom is 0.258 e. The van der Waals surface area contributed by atoms with Gasteiger partial charge in [0.2, 0.25) is 0 Å². The summed E-state index contributed by atoms with van der Waals surface area (Å²) in [6.45, 7) is 3.35. The molecule has 0 radical (unpaired) electrons. The van der Waals surface area contributed by atoms with Gasteiger partial charge < -0.3 is 19.3 Å². The van der Waals surface area contributed by atoms with Crippen molar-refractivity contribution in [3.8, 4) is 28.1 Å². The van der Waals surface area contributed by atoms with Crippen molar-refractivity contribution in [2.45, 2.75) is 32.3 Å². The molecule has 0 bridgehead atoms. The number of hydrogen-bond acceptors (Lipinski definition) is 5. The molecule has 0 aliphatic carbocycles. The van der Waals surface area contributed by atoms with E-state index in [0.717, 1.165) is 48.3 Å². The number of carbonyl (C=O) groups is 1. The van der Waals surface area contributed by atoms with Gasteiger partial charge in [0, 0.05) is 24.3 Å². The molecule has 2 aromatic carbocycles. The SMILES string of the molecule is Cc1ccc(-c2conc2-c2ccc(OCC(=O)NCC3CCCCO3)cc2)cc1. The zero-order valence-electron chi connectivity index (χ0n) is 17.1. The van der Waals surface area contributed by atoms with Crippen molar-refractivity contribution in [2.75, 3.05) is 19.8 Å². The number of nitrogens with zero attached hydrogens (tertiary/aromatic N) is 1. The van der Waals surface area contributed by atoms with Crippen LogP contribution in [0.4, 0.5) is 0 Å². The molecular formula is C24H26N2O4. The lowest BCUT2D eigenvalue weighted by molar-refractivity contribution is -0.124. The summed E-state index contributed by atoms with van der Waals surface area (Å²) in [6.07, 6.45) is 5.03. The molecule has 1 N–H and O–H groups in total. The van der Waals surface area contributed by atoms with Crippen LogP contribution in [-0.4, -0.2) is 36.9 Å². The zero-order valence-corrected chi connectivity index (χ0v) is 17.1. The molecule has 6 heteroatoms. The average Bonchev–Trinajstić information content (AvgIpc) is 3.28. The Hall–Kier alpha value is -3.12. The Morgan fingerprint density at radius 3 is 2.60 bits per heavy atom. The summed E-state index contributed by atoms with van der Waals surface area (Å²) in [7, 11) is 0. The molecule has 30 heavy (non-hydrogen) atoms. The second-order valence-corrected chi connectivity index (χ2v) is 7.55. The fraction of sp³-hybridized carbons (Fsp3) is 0.333. The van der Waals surface area contributed by atoms with E-state index >= 15 is 0 Å². The van der Waals surface area contributed by atoms with Gasteiger partial charge in [-0.15, -0.1) is 0 Å². The van der Waals surface area contributed by atoms with E-state index in [1.807, 2.05) is 24.3 Å². The highest BCUT2D eigenvalue weighted by atomic mass is 16.5. The fourth-order valence-corrected chi connectivity index (χ4v) is 3.49. The van der Waals surface area contributed by atoms with E-state index in [1.165, 1.54) is 5.56 Å². The van der Waals surface area contributed by atoms with E-state index in [4.69, 9.17) is 14.0 Å². The van der Waals surface area contributed by atoms with E-state index in [-0.39, 0.29) is 18.6 Å². The lowest BCUT2D eigenvalue weighted by atomic mass is 10.0. The van der Waals surface area contributed by atoms with Gasteiger partial charge in [-0.2, -0.15) is 0 Å². The topological polar surface area (TPSA) is 73.6 Å². The van der Waals surface area contributed by atoms with Crippen molar-refractivity contribution in [2.24, 2.45) is 0 Å². The Morgan fingerprint density at radius 2 is 1.87 bits per heavy atom. The summed E-state index contributed by atoms with van der Waals surface area (Å²) >= 11 is 0. The van der Waals surface area contributed by atoms with Crippen LogP contribution in [0.3, 0.4) is 0 Å². The predicted octanol–water partition coefficient (Wildman–Crippen LogP) is 4.38. The monoisotopic (exact) mass is 406 g/mol. The van der Waals surface area contributed by atoms with E-state index in [2.05, 4.69) is 41.7 Å². The normalized spacial score (nSPS) is 16.2. The quantitative estimate of drug-likeness (QED) is 0.630. The van der Waals surface area contributed by atoms with E-state index in [9.17, 15) is 4.79 Å². The summed E-state index contributed by atoms with van der Waals surface area (Å²) in [5.41, 5.74) is 4.89. The smallest absolute Gasteiger partial charge is 0.258 e. The molecule has 1 unspecified atom stereocenters. The van der Waals surface area contributed by atoms with Gasteiger partial charge in [0.1, 0.15) is 17.7 Å². The minimum atomic E-state index is -0.147. The van der Waals surface area contributed by atoms with E-state index < -0.39 is 0 Å². The average molecular weight is 406 g/mol. The van der Waals surface area contributed by atoms with Crippen molar-refractivity contribution in [3.05, 3.63) is 60.4 Å². The van der Waals surface area contributed by atoms with Crippen LogP contribution in [0.2, 0.25) is 0 Å². The number of ether oxygens (including phenoxy) is 2. The highest BCUT2D eigenvalue weighted by molar-refractivity contribution is 5.80. The molecular weight excluding hydrogens is 380 g/mol. The second kappa shape index (κ2) is 9.59. The van der Waals surface area contributed by atoms with E-state index in [1.54, 1.807) is 6.26 Å². The first kappa shape index (κ1) is 20.2. The Kier molecular flexibility index (Phi) is 6.44. The summed E-state index contributed by atoms with van der Waals surface area (Å²) in [5, 5.41) is 7.04. The van der Waals surface area contributed by atoms with Gasteiger partial charge in [-0.3, -0.25) is 4.79 Å². The van der Waals surface area contributed by atoms with E-state index in [0.29, 0.717) is 12.3 Å². The van der Waals surface area contributed by atoms with Gasteiger partial charge >= 0.3 is 0 Å². The molecule has 1 amide bonds. The number of hydrogen-bond donors (Lipinski definition) is 1. The summed E-state index contributed by atoms with van der Waals surface area (Å²) in [6, 6.07) is 15.7. The molecule has 0 saturated carbocycles. The molecule has 3 aromatic rings. The minimum absolute atomic E-state index is 0.0232. The van der Waals surface area contributed by atoms with Gasteiger partial charge in [-0.25, -0.2) is 0 Å². The van der Waals surface area contributed by atoms with Gasteiger partial charge in [-0.05, 0) is 56.0 Å². The van der Waals surface area contributed by atoms with Crippen molar-refractivity contribution in [1.29, 1.82) is 0 Å². The number of amides is 1. The molecule has 1 aliphatic heterocycles. The Bertz CT molecular complexity index is 958. The summed E-state index contributed by atoms with van der Waals surface area (Å²) in [4.78, 5) is 12.0. The second-order valence-electron chi connectivity index (χ2n) is 7.55. The minimum Gasteiger partial charge on any atom is -0.484 e. The third-order valence-corrected chi connectivity index (χ3v) is 5.23. The van der Waals surface area contributed by atoms with Crippen molar-refractivity contribution in [3.63, 3.8) is 0 Å². The number of rotatable bonds is 7. The van der Waals surface area contributed by atoms with Gasteiger partial charge in [0.25, 0.3) is 5.91 Å². The molecule has 156 valence electrons. The number of carbonyl (C=O) groups excluding carboxylic acids is 1. The first-order valence-corrected chi connectivity index (χ1v) is 10.3. The standard InChI is InChI=1S/C24H26N2O4/c1-17-5-7-18(8-6-17)22-15-30-26-24(22)19-9-11-20(12-10-19)29-16-23(27)25-14-21-4-2-3-13-28-21/h5-12,15,21H,2-4,13-14,16H2,1H3,(H,25,27). The fourth-order valence-electron chi connectivity index (χ4n) is 3.49. The van der Waals surface area contributed by atoms with Gasteiger partial charge in [-0.1, -0.05) is 35.0 Å². The van der Waals surface area contributed by atoms with Crippen molar-refractivity contribution >= 4 is 5.91 Å². The predicted molar refractivity (Wildman–Crippen MR) is 114 cm³/mol. The molecule has 1 saturated heterocycles. The largest absolute Gasteiger partial charge is 0.484 e. The van der Waals surface area contributed by atoms with Crippen LogP contribution in [0.25, 0.3) is 22.4 Å². The Balaban J connectivity index is 1.33. The molecule has 1 aliphatic rings. The van der Waals surface area contributed by atoms with Gasteiger partial charge in [0.05, 0.1) is 6.10 Å². The van der Waals surface area contributed by atoms with Crippen LogP contribution >= 0.6 is 0 Å². The van der Waals surface area contributed by atoms with Crippen molar-refractivity contribution < 1.29 is 18.8 Å². The van der Waals surface area contributed by atoms with Crippen LogP contribution in [0.5, 0.6) is 5.75 Å². The molecule has 1 fully saturated rings. The van der Waals surface area contributed by atoms with Crippen LogP contribution in [0.1, 0.15) is 24.8 Å². The number of aryl methyl sites for hydroxylation is 1. The first-order valence-electron chi connectivity index (χ1n) is 10.3. The third-order valence-electron chi connectivity index (χ3n) is 5.23. The van der Waals surface area contributed by atoms with Crippen LogP contribution in [0, 0.1) is 6.92 Å². The maximum atomic E-state index is 12.0. The van der Waals surface area contributed by atoms with Gasteiger partial charge in [0.15, 0.2) is 6.61 Å². The molecule has 0 spiro atoms. The highest BCUT2D eigenvalue weighted by Gasteiger charge is 2.15. The molecule has 1 atom stereocenters. The number of nitrogens with one attached hydrogen (secondary N) is 1. The first-order chi connectivity index (χ1) is 14.7. The number of benzene rings is 2. The third kappa shape index (κ3) is 5.07. The summed E-state index contributed by atoms with van der Waals surface area (Å²) < 4.78 is 16.5. The molecule has 2 heterocycles. The van der Waals surface area contributed by atoms with Crippen LogP contribution in [0.15, 0.2) is 59.3 Å². The summed E-state index contributed by atoms with van der Waals surface area (Å²) in [5.74, 6) is 0.481. The lowest BCUT2D eigenvalue weighted by Gasteiger charge is -2.22. The molecule has 4 rings (SSSR count). The van der Waals surface area contributed by atoms with Crippen LogP contribution < -0.4 is 10.1 Å². The molecule has 6 nitrogen and oxygen atoms in total. The number of aromatic nitrogens is 1. The Morgan fingerprint density at radius 1 is 1.10 bits per heavy atom. The van der Waals surface area contributed by atoms with Crippen LogP contribution in [-0.2, 0) is 9.53 Å². The lowest BCUT2D eigenvalue weighted by Crippen LogP contribution is -2.37. The molecule has 1 aromatic heterocycles. The Labute approximate surface area is 176 Å². The zero-order chi connectivity index (χ0) is 20.8. The van der Waals surface area contributed by atoms with Crippen molar-refractivity contribution in [1.82, 2.24) is 10.5 Å². The maximum absolute atomic E-state index is 12.0. The highest BCUT2D eigenvalue weighted by Crippen LogP contribution is 2.32.